The Bertz CT molecular complexity index is 1240. The van der Waals surface area contributed by atoms with Gasteiger partial charge in [0.1, 0.15) is 18.5 Å². The van der Waals surface area contributed by atoms with Crippen LogP contribution in [-0.2, 0) is 6.54 Å². The van der Waals surface area contributed by atoms with E-state index >= 15 is 0 Å². The Morgan fingerprint density at radius 3 is 2.60 bits per heavy atom. The zero-order valence-electron chi connectivity index (χ0n) is 16.3. The van der Waals surface area contributed by atoms with Gasteiger partial charge in [-0.2, -0.15) is 0 Å². The molecule has 7 heteroatoms. The highest BCUT2D eigenvalue weighted by Gasteiger charge is 2.16. The lowest BCUT2D eigenvalue weighted by atomic mass is 10.0. The fraction of sp³-hybridized carbons (Fsp3) is 0.174. The highest BCUT2D eigenvalue weighted by Crippen LogP contribution is 2.23. The van der Waals surface area contributed by atoms with E-state index in [0.717, 1.165) is 16.3 Å². The van der Waals surface area contributed by atoms with Gasteiger partial charge in [0.15, 0.2) is 11.6 Å². The average molecular weight is 404 g/mol. The molecular weight excluding hydrogens is 384 g/mol. The lowest BCUT2D eigenvalue weighted by Crippen LogP contribution is -2.28. The Kier molecular flexibility index (Phi) is 5.45. The summed E-state index contributed by atoms with van der Waals surface area (Å²) in [5.74, 6) is 0.309. The van der Waals surface area contributed by atoms with Gasteiger partial charge in [0, 0.05) is 11.1 Å². The molecule has 0 fully saturated rings. The van der Waals surface area contributed by atoms with E-state index in [1.807, 2.05) is 54.6 Å². The second-order valence-electron chi connectivity index (χ2n) is 6.99. The predicted molar refractivity (Wildman–Crippen MR) is 112 cm³/mol. The van der Waals surface area contributed by atoms with E-state index in [1.54, 1.807) is 12.1 Å². The number of nitrogens with zero attached hydrogens (tertiary/aromatic N) is 2. The van der Waals surface area contributed by atoms with Crippen molar-refractivity contribution in [3.05, 3.63) is 82.8 Å². The van der Waals surface area contributed by atoms with E-state index in [-0.39, 0.29) is 18.9 Å². The third-order valence-electron chi connectivity index (χ3n) is 4.77. The summed E-state index contributed by atoms with van der Waals surface area (Å²) in [4.78, 5) is 23.5. The minimum Gasteiger partial charge on any atom is -0.491 e. The minimum absolute atomic E-state index is 0.0110. The van der Waals surface area contributed by atoms with Gasteiger partial charge in [-0.05, 0) is 35.9 Å². The van der Waals surface area contributed by atoms with Gasteiger partial charge in [0.2, 0.25) is 0 Å². The summed E-state index contributed by atoms with van der Waals surface area (Å²) in [5.41, 5.74) is 1.37. The highest BCUT2D eigenvalue weighted by atomic mass is 16.5. The van der Waals surface area contributed by atoms with Crippen LogP contribution in [0.3, 0.4) is 0 Å². The van der Waals surface area contributed by atoms with Crippen molar-refractivity contribution in [2.24, 2.45) is 0 Å². The van der Waals surface area contributed by atoms with Crippen molar-refractivity contribution < 1.29 is 19.2 Å². The molecule has 4 rings (SSSR count). The lowest BCUT2D eigenvalue weighted by molar-refractivity contribution is 0.0911. The van der Waals surface area contributed by atoms with Gasteiger partial charge in [0.25, 0.3) is 0 Å². The molecule has 0 saturated heterocycles. The van der Waals surface area contributed by atoms with E-state index in [9.17, 15) is 14.7 Å². The molecule has 0 aliphatic rings. The van der Waals surface area contributed by atoms with E-state index < -0.39 is 11.9 Å². The number of carbonyl (C=O) groups is 1. The molecule has 152 valence electrons. The number of fused-ring (bicyclic) bond motifs is 1. The van der Waals surface area contributed by atoms with Gasteiger partial charge in [-0.25, -0.2) is 4.79 Å². The Morgan fingerprint density at radius 1 is 1.10 bits per heavy atom. The Hall–Kier alpha value is -3.71. The number of hydrogen-bond acceptors (Lipinski definition) is 6. The highest BCUT2D eigenvalue weighted by molar-refractivity contribution is 5.98. The molecule has 1 unspecified atom stereocenters. The van der Waals surface area contributed by atoms with Crippen LogP contribution < -0.4 is 10.5 Å². The Balaban J connectivity index is 1.45. The van der Waals surface area contributed by atoms with E-state index in [2.05, 4.69) is 5.16 Å². The monoisotopic (exact) mass is 404 g/mol. The second kappa shape index (κ2) is 8.34. The third-order valence-corrected chi connectivity index (χ3v) is 4.77. The summed E-state index contributed by atoms with van der Waals surface area (Å²) in [7, 11) is 0. The third kappa shape index (κ3) is 4.16. The maximum absolute atomic E-state index is 12.0. The number of hydrogen-bond donors (Lipinski definition) is 1. The van der Waals surface area contributed by atoms with Crippen molar-refractivity contribution in [3.8, 4) is 17.1 Å². The lowest BCUT2D eigenvalue weighted by Gasteiger charge is -2.14. The van der Waals surface area contributed by atoms with Crippen LogP contribution in [0, 0.1) is 0 Å². The molecule has 1 heterocycles. The molecule has 4 aromatic rings. The van der Waals surface area contributed by atoms with Crippen LogP contribution in [-0.4, -0.2) is 33.3 Å². The summed E-state index contributed by atoms with van der Waals surface area (Å²) >= 11 is 0. The zero-order valence-corrected chi connectivity index (χ0v) is 16.3. The first-order chi connectivity index (χ1) is 14.5. The molecule has 0 saturated carbocycles. The molecule has 0 aliphatic carbocycles. The molecule has 1 aromatic heterocycles. The van der Waals surface area contributed by atoms with Gasteiger partial charge in [-0.1, -0.05) is 53.7 Å². The first-order valence-electron chi connectivity index (χ1n) is 9.49. The number of carbonyl (C=O) groups excluding carboxylic acids is 1. The van der Waals surface area contributed by atoms with Crippen molar-refractivity contribution in [1.29, 1.82) is 0 Å². The Morgan fingerprint density at radius 2 is 1.83 bits per heavy atom. The number of rotatable bonds is 7. The number of aromatic nitrogens is 2. The molecule has 0 bridgehead atoms. The summed E-state index contributed by atoms with van der Waals surface area (Å²) in [6.45, 7) is 1.51. The molecule has 7 nitrogen and oxygen atoms in total. The van der Waals surface area contributed by atoms with Crippen LogP contribution in [0.2, 0.25) is 0 Å². The topological polar surface area (TPSA) is 94.6 Å². The molecule has 0 spiro atoms. The zero-order chi connectivity index (χ0) is 21.1. The van der Waals surface area contributed by atoms with Gasteiger partial charge in [-0.15, -0.1) is 0 Å². The average Bonchev–Trinajstić information content (AvgIpc) is 3.12. The van der Waals surface area contributed by atoms with Crippen LogP contribution in [0.5, 0.6) is 5.75 Å². The largest absolute Gasteiger partial charge is 0.491 e. The fourth-order valence-corrected chi connectivity index (χ4v) is 3.21. The van der Waals surface area contributed by atoms with Gasteiger partial charge in [-0.3, -0.25) is 13.9 Å². The molecular formula is C23H20N2O5. The normalized spacial score (nSPS) is 12.1. The quantitative estimate of drug-likeness (QED) is 0.475. The standard InChI is InChI=1S/C23H20N2O5/c1-15(26)17-7-8-19-12-21(10-9-18(19)11-17)29-14-20(27)13-25-22(24-30-23(25)28)16-5-3-2-4-6-16/h2-12,20,27H,13-14H2,1H3. The maximum Gasteiger partial charge on any atom is 0.441 e. The fourth-order valence-electron chi connectivity index (χ4n) is 3.21. The van der Waals surface area contributed by atoms with Crippen molar-refractivity contribution in [1.82, 2.24) is 9.72 Å². The van der Waals surface area contributed by atoms with Gasteiger partial charge >= 0.3 is 5.76 Å². The number of aliphatic hydroxyl groups excluding tert-OH is 1. The molecule has 1 N–H and O–H groups in total. The number of ether oxygens (including phenoxy) is 1. The van der Waals surface area contributed by atoms with Gasteiger partial charge < -0.3 is 9.84 Å². The van der Waals surface area contributed by atoms with Crippen molar-refractivity contribution >= 4 is 16.6 Å². The molecule has 0 amide bonds. The van der Waals surface area contributed by atoms with E-state index in [4.69, 9.17) is 9.26 Å². The van der Waals surface area contributed by atoms with Crippen molar-refractivity contribution in [2.75, 3.05) is 6.61 Å². The minimum atomic E-state index is -0.944. The molecule has 30 heavy (non-hydrogen) atoms. The van der Waals surface area contributed by atoms with Crippen molar-refractivity contribution in [2.45, 2.75) is 19.6 Å². The molecule has 1 atom stereocenters. The molecule has 0 aliphatic heterocycles. The number of ketones is 1. The number of benzene rings is 3. The summed E-state index contributed by atoms with van der Waals surface area (Å²) in [6.07, 6.45) is -0.944. The van der Waals surface area contributed by atoms with E-state index in [1.165, 1.54) is 11.5 Å². The Labute approximate surface area is 172 Å². The number of Topliss-reactive ketones (excluding diaryl/α,β-unsaturated/α-hetero) is 1. The van der Waals surface area contributed by atoms with Crippen LogP contribution in [0.4, 0.5) is 0 Å². The first kappa shape index (κ1) is 19.6. The van der Waals surface area contributed by atoms with E-state index in [0.29, 0.717) is 17.1 Å². The molecule has 0 radical (unpaired) electrons. The SMILES string of the molecule is CC(=O)c1ccc2cc(OCC(O)Cn3c(-c4ccccc4)noc3=O)ccc2c1. The number of aliphatic hydroxyl groups is 1. The van der Waals surface area contributed by atoms with Crippen molar-refractivity contribution in [3.63, 3.8) is 0 Å². The maximum atomic E-state index is 12.0. The predicted octanol–water partition coefficient (Wildman–Crippen LogP) is 3.30. The van der Waals surface area contributed by atoms with Crippen LogP contribution in [0.15, 0.2) is 76.0 Å². The van der Waals surface area contributed by atoms with Gasteiger partial charge in [0.05, 0.1) is 6.54 Å². The first-order valence-corrected chi connectivity index (χ1v) is 9.49. The van der Waals surface area contributed by atoms with Crippen LogP contribution >= 0.6 is 0 Å². The second-order valence-corrected chi connectivity index (χ2v) is 6.99. The summed E-state index contributed by atoms with van der Waals surface area (Å²) in [6, 6.07) is 20.1. The summed E-state index contributed by atoms with van der Waals surface area (Å²) in [5, 5.41) is 16.1. The van der Waals surface area contributed by atoms with Crippen LogP contribution in [0.1, 0.15) is 17.3 Å². The summed E-state index contributed by atoms with van der Waals surface area (Å²) < 4.78 is 11.8. The molecule has 3 aromatic carbocycles. The van der Waals surface area contributed by atoms with Crippen LogP contribution in [0.25, 0.3) is 22.2 Å². The smallest absolute Gasteiger partial charge is 0.441 e.